The molecule has 0 atom stereocenters. The van der Waals surface area contributed by atoms with Gasteiger partial charge in [-0.3, -0.25) is 9.59 Å². The number of piperazine rings is 1. The molecule has 2 aromatic rings. The summed E-state index contributed by atoms with van der Waals surface area (Å²) in [6.45, 7) is 2.61. The van der Waals surface area contributed by atoms with Crippen LogP contribution in [0.5, 0.6) is 0 Å². The van der Waals surface area contributed by atoms with E-state index in [1.54, 1.807) is 25.4 Å². The largest absolute Gasteiger partial charge is 0.355 e. The van der Waals surface area contributed by atoms with Crippen molar-refractivity contribution in [3.8, 4) is 0 Å². The van der Waals surface area contributed by atoms with Crippen molar-refractivity contribution in [3.63, 3.8) is 0 Å². The highest BCUT2D eigenvalue weighted by atomic mass is 16.2. The average Bonchev–Trinajstić information content (AvgIpc) is 2.68. The lowest BCUT2D eigenvalue weighted by molar-refractivity contribution is -0.130. The van der Waals surface area contributed by atoms with Crippen LogP contribution in [0.2, 0.25) is 0 Å². The first-order valence-corrected chi connectivity index (χ1v) is 8.43. The summed E-state index contributed by atoms with van der Waals surface area (Å²) < 4.78 is 0. The summed E-state index contributed by atoms with van der Waals surface area (Å²) in [5.41, 5.74) is 1.59. The summed E-state index contributed by atoms with van der Waals surface area (Å²) in [6, 6.07) is 13.3. The monoisotopic (exact) mass is 338 g/mol. The molecule has 1 aromatic carbocycles. The third kappa shape index (κ3) is 3.96. The Hall–Kier alpha value is -2.89. The highest BCUT2D eigenvalue weighted by molar-refractivity contribution is 5.98. The fourth-order valence-corrected chi connectivity index (χ4v) is 3.01. The number of nitrogens with one attached hydrogen (secondary N) is 1. The van der Waals surface area contributed by atoms with Gasteiger partial charge in [-0.1, -0.05) is 30.3 Å². The van der Waals surface area contributed by atoms with Gasteiger partial charge in [0.1, 0.15) is 5.82 Å². The average molecular weight is 338 g/mol. The smallest absolute Gasteiger partial charge is 0.254 e. The zero-order valence-corrected chi connectivity index (χ0v) is 14.3. The third-order valence-corrected chi connectivity index (χ3v) is 4.39. The zero-order chi connectivity index (χ0) is 17.6. The molecule has 2 heterocycles. The second-order valence-corrected chi connectivity index (χ2v) is 5.98. The van der Waals surface area contributed by atoms with Crippen LogP contribution >= 0.6 is 0 Å². The van der Waals surface area contributed by atoms with E-state index >= 15 is 0 Å². The van der Waals surface area contributed by atoms with Crippen molar-refractivity contribution in [3.05, 3.63) is 59.8 Å². The number of hydrogen-bond acceptors (Lipinski definition) is 4. The van der Waals surface area contributed by atoms with E-state index in [1.807, 2.05) is 35.2 Å². The maximum absolute atomic E-state index is 12.5. The van der Waals surface area contributed by atoms with E-state index in [0.29, 0.717) is 44.0 Å². The van der Waals surface area contributed by atoms with Gasteiger partial charge in [-0.2, -0.15) is 0 Å². The van der Waals surface area contributed by atoms with Crippen molar-refractivity contribution in [2.45, 2.75) is 6.42 Å². The van der Waals surface area contributed by atoms with Crippen molar-refractivity contribution in [2.75, 3.05) is 38.1 Å². The van der Waals surface area contributed by atoms with Crippen LogP contribution in [0.25, 0.3) is 0 Å². The maximum atomic E-state index is 12.5. The number of carbonyl (C=O) groups is 2. The number of rotatable bonds is 4. The molecule has 0 spiro atoms. The molecule has 6 nitrogen and oxygen atoms in total. The molecular weight excluding hydrogens is 316 g/mol. The summed E-state index contributed by atoms with van der Waals surface area (Å²) in [4.78, 5) is 32.8. The van der Waals surface area contributed by atoms with Crippen LogP contribution in [0.4, 0.5) is 5.82 Å². The first-order chi connectivity index (χ1) is 12.2. The van der Waals surface area contributed by atoms with Crippen LogP contribution in [-0.4, -0.2) is 54.9 Å². The van der Waals surface area contributed by atoms with Crippen LogP contribution < -0.4 is 10.2 Å². The van der Waals surface area contributed by atoms with Crippen LogP contribution in [0.15, 0.2) is 48.7 Å². The summed E-state index contributed by atoms with van der Waals surface area (Å²) in [5.74, 6) is 0.668. The minimum absolute atomic E-state index is 0.137. The molecule has 1 N–H and O–H groups in total. The number of amides is 2. The van der Waals surface area contributed by atoms with Crippen molar-refractivity contribution >= 4 is 17.6 Å². The van der Waals surface area contributed by atoms with Crippen LogP contribution in [0.1, 0.15) is 15.9 Å². The molecule has 1 aliphatic rings. The van der Waals surface area contributed by atoms with Crippen molar-refractivity contribution < 1.29 is 9.59 Å². The molecular formula is C19H22N4O2. The predicted molar refractivity (Wildman–Crippen MR) is 96.6 cm³/mol. The lowest BCUT2D eigenvalue weighted by atomic mass is 10.1. The first-order valence-electron chi connectivity index (χ1n) is 8.43. The number of aromatic nitrogens is 1. The minimum atomic E-state index is -0.148. The Morgan fingerprint density at radius 1 is 1.04 bits per heavy atom. The highest BCUT2D eigenvalue weighted by Crippen LogP contribution is 2.19. The Labute approximate surface area is 147 Å². The number of hydrogen-bond donors (Lipinski definition) is 1. The Bertz CT molecular complexity index is 740. The van der Waals surface area contributed by atoms with Gasteiger partial charge < -0.3 is 15.1 Å². The van der Waals surface area contributed by atoms with Crippen molar-refractivity contribution in [1.29, 1.82) is 0 Å². The Morgan fingerprint density at radius 2 is 1.76 bits per heavy atom. The fourth-order valence-electron chi connectivity index (χ4n) is 3.01. The molecule has 0 bridgehead atoms. The van der Waals surface area contributed by atoms with Crippen molar-refractivity contribution in [2.24, 2.45) is 0 Å². The molecule has 2 amide bonds. The highest BCUT2D eigenvalue weighted by Gasteiger charge is 2.24. The molecule has 0 unspecified atom stereocenters. The second-order valence-electron chi connectivity index (χ2n) is 5.98. The van der Waals surface area contributed by atoms with Gasteiger partial charge in [0, 0.05) is 39.4 Å². The fraction of sp³-hybridized carbons (Fsp3) is 0.316. The summed E-state index contributed by atoms with van der Waals surface area (Å²) in [7, 11) is 1.61. The predicted octanol–water partition coefficient (Wildman–Crippen LogP) is 1.33. The van der Waals surface area contributed by atoms with Crippen LogP contribution in [-0.2, 0) is 11.2 Å². The van der Waals surface area contributed by atoms with Crippen LogP contribution in [0, 0.1) is 0 Å². The molecule has 130 valence electrons. The molecule has 1 aromatic heterocycles. The van der Waals surface area contributed by atoms with Crippen molar-refractivity contribution in [1.82, 2.24) is 15.2 Å². The van der Waals surface area contributed by atoms with Gasteiger partial charge in [-0.15, -0.1) is 0 Å². The molecule has 1 fully saturated rings. The maximum Gasteiger partial charge on any atom is 0.254 e. The molecule has 1 saturated heterocycles. The molecule has 0 radical (unpaired) electrons. The van der Waals surface area contributed by atoms with Gasteiger partial charge in [0.05, 0.1) is 12.0 Å². The van der Waals surface area contributed by atoms with E-state index < -0.39 is 0 Å². The third-order valence-electron chi connectivity index (χ3n) is 4.39. The Morgan fingerprint density at radius 3 is 2.44 bits per heavy atom. The Kier molecular flexibility index (Phi) is 5.28. The van der Waals surface area contributed by atoms with Gasteiger partial charge in [-0.05, 0) is 17.7 Å². The molecule has 6 heteroatoms. The van der Waals surface area contributed by atoms with E-state index in [9.17, 15) is 9.59 Å². The number of benzene rings is 1. The lowest BCUT2D eigenvalue weighted by Gasteiger charge is -2.36. The van der Waals surface area contributed by atoms with E-state index in [-0.39, 0.29) is 11.8 Å². The van der Waals surface area contributed by atoms with E-state index in [2.05, 4.69) is 15.2 Å². The van der Waals surface area contributed by atoms with Gasteiger partial charge in [-0.25, -0.2) is 4.98 Å². The van der Waals surface area contributed by atoms with Gasteiger partial charge in [0.25, 0.3) is 5.91 Å². The molecule has 1 aliphatic heterocycles. The summed E-state index contributed by atoms with van der Waals surface area (Å²) in [5, 5.41) is 2.64. The summed E-state index contributed by atoms with van der Waals surface area (Å²) in [6.07, 6.45) is 2.11. The summed E-state index contributed by atoms with van der Waals surface area (Å²) >= 11 is 0. The molecule has 0 aliphatic carbocycles. The quantitative estimate of drug-likeness (QED) is 0.913. The zero-order valence-electron chi connectivity index (χ0n) is 14.3. The van der Waals surface area contributed by atoms with E-state index in [0.717, 1.165) is 5.56 Å². The SMILES string of the molecule is CNC(=O)c1cccnc1N1CCN(C(=O)Cc2ccccc2)CC1. The molecule has 25 heavy (non-hydrogen) atoms. The minimum Gasteiger partial charge on any atom is -0.355 e. The van der Waals surface area contributed by atoms with Crippen LogP contribution in [0.3, 0.4) is 0 Å². The van der Waals surface area contributed by atoms with Gasteiger partial charge in [0.15, 0.2) is 0 Å². The van der Waals surface area contributed by atoms with E-state index in [1.165, 1.54) is 0 Å². The number of anilines is 1. The number of nitrogens with zero attached hydrogens (tertiary/aromatic N) is 3. The lowest BCUT2D eigenvalue weighted by Crippen LogP contribution is -2.49. The molecule has 3 rings (SSSR count). The number of pyridine rings is 1. The van der Waals surface area contributed by atoms with Gasteiger partial charge in [0.2, 0.25) is 5.91 Å². The first kappa shape index (κ1) is 17.0. The van der Waals surface area contributed by atoms with Gasteiger partial charge >= 0.3 is 0 Å². The normalized spacial score (nSPS) is 14.3. The Balaban J connectivity index is 1.62. The topological polar surface area (TPSA) is 65.5 Å². The van der Waals surface area contributed by atoms with E-state index in [4.69, 9.17) is 0 Å². The standard InChI is InChI=1S/C19H22N4O2/c1-20-19(25)16-8-5-9-21-18(16)23-12-10-22(11-13-23)17(24)14-15-6-3-2-4-7-15/h2-9H,10-14H2,1H3,(H,20,25). The molecule has 0 saturated carbocycles. The number of carbonyl (C=O) groups excluding carboxylic acids is 2. The second kappa shape index (κ2) is 7.79.